The number of carbonyl (C=O) groups is 1. The van der Waals surface area contributed by atoms with Crippen molar-refractivity contribution in [2.75, 3.05) is 0 Å². The Morgan fingerprint density at radius 3 is 2.75 bits per heavy atom. The van der Waals surface area contributed by atoms with Crippen LogP contribution in [-0.4, -0.2) is 16.6 Å². The van der Waals surface area contributed by atoms with Gasteiger partial charge in [-0.25, -0.2) is 4.39 Å². The second-order valence-corrected chi connectivity index (χ2v) is 4.89. The average Bonchev–Trinajstić information content (AvgIpc) is 2.17. The Morgan fingerprint density at radius 2 is 2.19 bits per heavy atom. The second-order valence-electron chi connectivity index (χ2n) is 3.98. The van der Waals surface area contributed by atoms with Gasteiger partial charge in [0.1, 0.15) is 11.4 Å². The van der Waals surface area contributed by atoms with Crippen molar-refractivity contribution in [2.45, 2.75) is 26.0 Å². The number of carbonyl (C=O) groups excluding carboxylic acids is 1. The largest absolute Gasteiger partial charge is 0.381 e. The van der Waals surface area contributed by atoms with E-state index in [1.54, 1.807) is 12.1 Å². The lowest BCUT2D eigenvalue weighted by molar-refractivity contribution is -0.136. The lowest BCUT2D eigenvalue weighted by Crippen LogP contribution is -2.41. The van der Waals surface area contributed by atoms with Crippen molar-refractivity contribution in [2.24, 2.45) is 0 Å². The molecule has 0 heterocycles. The van der Waals surface area contributed by atoms with Crippen molar-refractivity contribution in [3.05, 3.63) is 34.1 Å². The van der Waals surface area contributed by atoms with E-state index in [9.17, 15) is 14.3 Å². The summed E-state index contributed by atoms with van der Waals surface area (Å²) in [6.45, 7) is 2.80. The number of hydrogen-bond acceptors (Lipinski definition) is 2. The van der Waals surface area contributed by atoms with Gasteiger partial charge in [0.05, 0.1) is 0 Å². The molecule has 0 aliphatic heterocycles. The third-order valence-corrected chi connectivity index (χ3v) is 2.50. The number of halogens is 2. The molecule has 0 bridgehead atoms. The molecule has 16 heavy (non-hydrogen) atoms. The number of hydrogen-bond donors (Lipinski definition) is 2. The normalized spacial score (nSPS) is 11.3. The number of nitrogens with one attached hydrogen (secondary N) is 1. The number of benzene rings is 1. The van der Waals surface area contributed by atoms with Crippen LogP contribution in [0.25, 0.3) is 0 Å². The molecule has 0 fully saturated rings. The summed E-state index contributed by atoms with van der Waals surface area (Å²) in [5.74, 6) is -0.925. The Labute approximate surface area is 102 Å². The average molecular weight is 290 g/mol. The summed E-state index contributed by atoms with van der Waals surface area (Å²) in [6.07, 6.45) is 0. The first-order chi connectivity index (χ1) is 7.30. The van der Waals surface area contributed by atoms with Crippen LogP contribution in [-0.2, 0) is 11.3 Å². The minimum absolute atomic E-state index is 0.0497. The summed E-state index contributed by atoms with van der Waals surface area (Å²) in [6, 6.07) is 4.48. The van der Waals surface area contributed by atoms with Crippen LogP contribution in [0.3, 0.4) is 0 Å². The highest BCUT2D eigenvalue weighted by Crippen LogP contribution is 2.15. The fraction of sp³-hybridized carbons (Fsp3) is 0.364. The molecule has 0 aliphatic rings. The smallest absolute Gasteiger partial charge is 0.251 e. The van der Waals surface area contributed by atoms with Gasteiger partial charge in [0, 0.05) is 16.6 Å². The zero-order valence-corrected chi connectivity index (χ0v) is 10.6. The van der Waals surface area contributed by atoms with Crippen LogP contribution < -0.4 is 5.32 Å². The van der Waals surface area contributed by atoms with Crippen LogP contribution in [0.4, 0.5) is 4.39 Å². The SMILES string of the molecule is CC(C)(O)C(=O)NCc1cc(Br)ccc1F. The standard InChI is InChI=1S/C11H13BrFNO2/c1-11(2,16)10(15)14-6-7-5-8(12)3-4-9(7)13/h3-5,16H,6H2,1-2H3,(H,14,15). The third-order valence-electron chi connectivity index (χ3n) is 2.00. The highest BCUT2D eigenvalue weighted by molar-refractivity contribution is 9.10. The fourth-order valence-corrected chi connectivity index (χ4v) is 1.48. The van der Waals surface area contributed by atoms with E-state index < -0.39 is 11.5 Å². The van der Waals surface area contributed by atoms with E-state index in [1.165, 1.54) is 19.9 Å². The van der Waals surface area contributed by atoms with Gasteiger partial charge in [0.25, 0.3) is 5.91 Å². The van der Waals surface area contributed by atoms with Gasteiger partial charge in [-0.05, 0) is 32.0 Å². The highest BCUT2D eigenvalue weighted by atomic mass is 79.9. The van der Waals surface area contributed by atoms with Crippen LogP contribution in [0.1, 0.15) is 19.4 Å². The van der Waals surface area contributed by atoms with E-state index in [-0.39, 0.29) is 12.4 Å². The Kier molecular flexibility index (Phi) is 4.04. The first kappa shape index (κ1) is 13.1. The number of rotatable bonds is 3. The zero-order chi connectivity index (χ0) is 12.3. The summed E-state index contributed by atoms with van der Waals surface area (Å²) in [7, 11) is 0. The molecule has 0 saturated heterocycles. The molecule has 1 aromatic carbocycles. The maximum Gasteiger partial charge on any atom is 0.251 e. The van der Waals surface area contributed by atoms with Crippen LogP contribution in [0.2, 0.25) is 0 Å². The lowest BCUT2D eigenvalue weighted by atomic mass is 10.1. The Hall–Kier alpha value is -0.940. The molecule has 0 spiro atoms. The molecular weight excluding hydrogens is 277 g/mol. The van der Waals surface area contributed by atoms with Crippen molar-refractivity contribution >= 4 is 21.8 Å². The van der Waals surface area contributed by atoms with Gasteiger partial charge in [-0.1, -0.05) is 15.9 Å². The van der Waals surface area contributed by atoms with Crippen LogP contribution >= 0.6 is 15.9 Å². The Morgan fingerprint density at radius 1 is 1.56 bits per heavy atom. The van der Waals surface area contributed by atoms with E-state index >= 15 is 0 Å². The van der Waals surface area contributed by atoms with Crippen LogP contribution in [0.15, 0.2) is 22.7 Å². The quantitative estimate of drug-likeness (QED) is 0.894. The maximum absolute atomic E-state index is 13.3. The summed E-state index contributed by atoms with van der Waals surface area (Å²) in [5.41, 5.74) is -1.09. The van der Waals surface area contributed by atoms with E-state index in [2.05, 4.69) is 21.2 Å². The van der Waals surface area contributed by atoms with Crippen LogP contribution in [0, 0.1) is 5.82 Å². The molecule has 5 heteroatoms. The number of aliphatic hydroxyl groups is 1. The first-order valence-corrected chi connectivity index (χ1v) is 5.54. The van der Waals surface area contributed by atoms with Gasteiger partial charge < -0.3 is 10.4 Å². The van der Waals surface area contributed by atoms with E-state index in [4.69, 9.17) is 0 Å². The number of amides is 1. The maximum atomic E-state index is 13.3. The van der Waals surface area contributed by atoms with Gasteiger partial charge in [-0.3, -0.25) is 4.79 Å². The first-order valence-electron chi connectivity index (χ1n) is 4.75. The summed E-state index contributed by atoms with van der Waals surface area (Å²) >= 11 is 3.21. The third kappa shape index (κ3) is 3.57. The monoisotopic (exact) mass is 289 g/mol. The molecule has 1 rings (SSSR count). The second kappa shape index (κ2) is 4.93. The topological polar surface area (TPSA) is 49.3 Å². The molecule has 0 atom stereocenters. The van der Waals surface area contributed by atoms with Gasteiger partial charge in [-0.15, -0.1) is 0 Å². The lowest BCUT2D eigenvalue weighted by Gasteiger charge is -2.16. The van der Waals surface area contributed by atoms with Crippen molar-refractivity contribution in [1.82, 2.24) is 5.32 Å². The molecule has 88 valence electrons. The van der Waals surface area contributed by atoms with Gasteiger partial charge in [-0.2, -0.15) is 0 Å². The van der Waals surface area contributed by atoms with E-state index in [0.29, 0.717) is 5.56 Å². The molecule has 0 radical (unpaired) electrons. The molecule has 1 amide bonds. The molecule has 0 aliphatic carbocycles. The molecular formula is C11H13BrFNO2. The van der Waals surface area contributed by atoms with Crippen molar-refractivity contribution in [3.63, 3.8) is 0 Å². The minimum atomic E-state index is -1.46. The van der Waals surface area contributed by atoms with Gasteiger partial charge in [0.2, 0.25) is 0 Å². The van der Waals surface area contributed by atoms with E-state index in [1.807, 2.05) is 0 Å². The predicted octanol–water partition coefficient (Wildman–Crippen LogP) is 1.98. The van der Waals surface area contributed by atoms with Crippen molar-refractivity contribution in [3.8, 4) is 0 Å². The van der Waals surface area contributed by atoms with Crippen LogP contribution in [0.5, 0.6) is 0 Å². The molecule has 0 saturated carbocycles. The zero-order valence-electron chi connectivity index (χ0n) is 9.05. The molecule has 2 N–H and O–H groups in total. The molecule has 0 aromatic heterocycles. The predicted molar refractivity (Wildman–Crippen MR) is 62.2 cm³/mol. The fourth-order valence-electron chi connectivity index (χ4n) is 1.07. The Bertz CT molecular complexity index is 401. The summed E-state index contributed by atoms with van der Waals surface area (Å²) < 4.78 is 14.0. The van der Waals surface area contributed by atoms with Crippen molar-refractivity contribution < 1.29 is 14.3 Å². The highest BCUT2D eigenvalue weighted by Gasteiger charge is 2.23. The van der Waals surface area contributed by atoms with Gasteiger partial charge >= 0.3 is 0 Å². The molecule has 0 unspecified atom stereocenters. The molecule has 3 nitrogen and oxygen atoms in total. The van der Waals surface area contributed by atoms with Gasteiger partial charge in [0.15, 0.2) is 0 Å². The Balaban J connectivity index is 2.68. The van der Waals surface area contributed by atoms with E-state index in [0.717, 1.165) is 4.47 Å². The summed E-state index contributed by atoms with van der Waals surface area (Å²) in [5, 5.41) is 11.8. The molecule has 1 aromatic rings. The van der Waals surface area contributed by atoms with Crippen molar-refractivity contribution in [1.29, 1.82) is 0 Å². The summed E-state index contributed by atoms with van der Waals surface area (Å²) in [4.78, 5) is 11.3. The minimum Gasteiger partial charge on any atom is -0.381 e.